The summed E-state index contributed by atoms with van der Waals surface area (Å²) < 4.78 is 0. The third-order valence-corrected chi connectivity index (χ3v) is 3.37. The van der Waals surface area contributed by atoms with Crippen molar-refractivity contribution in [3.05, 3.63) is 46.6 Å². The average Bonchev–Trinajstić information content (AvgIpc) is 2.37. The maximum atomic E-state index is 3.46. The Morgan fingerprint density at radius 3 is 1.33 bits per heavy atom. The molecule has 0 amide bonds. The van der Waals surface area contributed by atoms with Crippen molar-refractivity contribution in [2.24, 2.45) is 0 Å². The molecule has 0 aromatic rings. The summed E-state index contributed by atoms with van der Waals surface area (Å²) in [6.07, 6.45) is 13.9. The summed E-state index contributed by atoms with van der Waals surface area (Å²) in [6, 6.07) is 0. The number of hydrogen-bond donors (Lipinski definition) is 1. The molecule has 0 aromatic carbocycles. The van der Waals surface area contributed by atoms with Crippen molar-refractivity contribution in [1.29, 1.82) is 0 Å². The van der Waals surface area contributed by atoms with Gasteiger partial charge >= 0.3 is 0 Å². The van der Waals surface area contributed by atoms with Crippen molar-refractivity contribution in [1.82, 2.24) is 5.32 Å². The Labute approximate surface area is 132 Å². The Kier molecular flexibility index (Phi) is 12.0. The normalized spacial score (nSPS) is 12.3. The van der Waals surface area contributed by atoms with Crippen LogP contribution in [0.3, 0.4) is 0 Å². The van der Waals surface area contributed by atoms with Crippen LogP contribution in [-0.2, 0) is 0 Å². The molecule has 1 heteroatoms. The molecule has 0 fully saturated rings. The molecule has 0 aliphatic rings. The molecule has 0 rings (SSSR count). The zero-order valence-corrected chi connectivity index (χ0v) is 15.1. The topological polar surface area (TPSA) is 12.0 Å². The monoisotopic (exact) mass is 289 g/mol. The predicted molar refractivity (Wildman–Crippen MR) is 97.7 cm³/mol. The minimum Gasteiger partial charge on any atom is -0.310 e. The van der Waals surface area contributed by atoms with E-state index in [1.54, 1.807) is 0 Å². The lowest BCUT2D eigenvalue weighted by Crippen LogP contribution is -2.13. The fourth-order valence-electron chi connectivity index (χ4n) is 1.96. The Bertz CT molecular complexity index is 348. The zero-order chi connectivity index (χ0) is 16.1. The van der Waals surface area contributed by atoms with E-state index in [1.807, 2.05) is 0 Å². The lowest BCUT2D eigenvalue weighted by atomic mass is 10.1. The first kappa shape index (κ1) is 19.9. The molecule has 0 radical (unpaired) electrons. The molecule has 1 N–H and O–H groups in total. The maximum absolute atomic E-state index is 3.46. The standard InChI is InChI=1S/C20H35N/c1-17(2)9-7-11-19(5)13-15-21-16-14-20(6)12-8-10-18(3)4/h9-10,13-14,21H,7-8,11-12,15-16H2,1-6H3. The summed E-state index contributed by atoms with van der Waals surface area (Å²) in [5, 5.41) is 3.46. The van der Waals surface area contributed by atoms with E-state index in [0.29, 0.717) is 0 Å². The Morgan fingerprint density at radius 2 is 1.00 bits per heavy atom. The maximum Gasteiger partial charge on any atom is 0.0140 e. The molecule has 120 valence electrons. The summed E-state index contributed by atoms with van der Waals surface area (Å²) in [6.45, 7) is 15.0. The largest absolute Gasteiger partial charge is 0.310 e. The van der Waals surface area contributed by atoms with Gasteiger partial charge in [-0.1, -0.05) is 46.6 Å². The highest BCUT2D eigenvalue weighted by Gasteiger charge is 1.90. The number of hydrogen-bond acceptors (Lipinski definition) is 1. The van der Waals surface area contributed by atoms with Gasteiger partial charge in [-0.25, -0.2) is 0 Å². The molecule has 0 saturated heterocycles. The minimum absolute atomic E-state index is 0.971. The van der Waals surface area contributed by atoms with Gasteiger partial charge in [-0.05, 0) is 67.2 Å². The SMILES string of the molecule is CC(C)=CCCC(C)=CCNCC=C(C)CCC=C(C)C. The molecule has 21 heavy (non-hydrogen) atoms. The van der Waals surface area contributed by atoms with Gasteiger partial charge in [-0.2, -0.15) is 0 Å². The van der Waals surface area contributed by atoms with Gasteiger partial charge in [-0.15, -0.1) is 0 Å². The van der Waals surface area contributed by atoms with Crippen LogP contribution >= 0.6 is 0 Å². The van der Waals surface area contributed by atoms with Crippen LogP contribution in [0.5, 0.6) is 0 Å². The highest BCUT2D eigenvalue weighted by molar-refractivity contribution is 5.05. The average molecular weight is 290 g/mol. The summed E-state index contributed by atoms with van der Waals surface area (Å²) in [5.74, 6) is 0. The first-order chi connectivity index (χ1) is 9.91. The summed E-state index contributed by atoms with van der Waals surface area (Å²) in [4.78, 5) is 0. The lowest BCUT2D eigenvalue weighted by Gasteiger charge is -2.02. The summed E-state index contributed by atoms with van der Waals surface area (Å²) in [7, 11) is 0. The second-order valence-electron chi connectivity index (χ2n) is 6.40. The van der Waals surface area contributed by atoms with Gasteiger partial charge in [0.25, 0.3) is 0 Å². The third kappa shape index (κ3) is 15.1. The fourth-order valence-corrected chi connectivity index (χ4v) is 1.96. The molecule has 0 heterocycles. The van der Waals surface area contributed by atoms with E-state index >= 15 is 0 Å². The first-order valence-corrected chi connectivity index (χ1v) is 8.20. The molecule has 0 bridgehead atoms. The molecule has 0 aliphatic heterocycles. The van der Waals surface area contributed by atoms with Crippen LogP contribution in [0, 0.1) is 0 Å². The minimum atomic E-state index is 0.971. The van der Waals surface area contributed by atoms with Gasteiger partial charge < -0.3 is 5.32 Å². The second kappa shape index (κ2) is 12.6. The van der Waals surface area contributed by atoms with Crippen molar-refractivity contribution < 1.29 is 0 Å². The predicted octanol–water partition coefficient (Wildman–Crippen LogP) is 5.96. The Balaban J connectivity index is 3.78. The van der Waals surface area contributed by atoms with E-state index in [9.17, 15) is 0 Å². The molecule has 0 aliphatic carbocycles. The van der Waals surface area contributed by atoms with Crippen LogP contribution < -0.4 is 5.32 Å². The molecule has 0 unspecified atom stereocenters. The van der Waals surface area contributed by atoms with Crippen LogP contribution in [0.1, 0.15) is 67.2 Å². The van der Waals surface area contributed by atoms with Gasteiger partial charge in [0.1, 0.15) is 0 Å². The van der Waals surface area contributed by atoms with Crippen molar-refractivity contribution >= 4 is 0 Å². The quantitative estimate of drug-likeness (QED) is 0.386. The smallest absolute Gasteiger partial charge is 0.0140 e. The molecule has 0 aromatic heterocycles. The van der Waals surface area contributed by atoms with Gasteiger partial charge in [0.05, 0.1) is 0 Å². The molecule has 1 nitrogen and oxygen atoms in total. The van der Waals surface area contributed by atoms with Crippen molar-refractivity contribution in [2.75, 3.05) is 13.1 Å². The molecule has 0 saturated carbocycles. The van der Waals surface area contributed by atoms with E-state index in [-0.39, 0.29) is 0 Å². The van der Waals surface area contributed by atoms with Crippen LogP contribution in [0.4, 0.5) is 0 Å². The highest BCUT2D eigenvalue weighted by Crippen LogP contribution is 2.07. The summed E-state index contributed by atoms with van der Waals surface area (Å²) in [5.41, 5.74) is 5.78. The van der Waals surface area contributed by atoms with Crippen LogP contribution in [0.2, 0.25) is 0 Å². The van der Waals surface area contributed by atoms with Gasteiger partial charge in [0, 0.05) is 13.1 Å². The van der Waals surface area contributed by atoms with Crippen LogP contribution in [0.25, 0.3) is 0 Å². The molecular weight excluding hydrogens is 254 g/mol. The van der Waals surface area contributed by atoms with Crippen LogP contribution in [0.15, 0.2) is 46.6 Å². The first-order valence-electron chi connectivity index (χ1n) is 8.20. The number of allylic oxidation sites excluding steroid dienone is 6. The Morgan fingerprint density at radius 1 is 0.619 bits per heavy atom. The highest BCUT2D eigenvalue weighted by atomic mass is 14.8. The van der Waals surface area contributed by atoms with E-state index in [4.69, 9.17) is 0 Å². The van der Waals surface area contributed by atoms with Crippen LogP contribution in [-0.4, -0.2) is 13.1 Å². The van der Waals surface area contributed by atoms with Gasteiger partial charge in [-0.3, -0.25) is 0 Å². The van der Waals surface area contributed by atoms with E-state index in [0.717, 1.165) is 25.9 Å². The second-order valence-corrected chi connectivity index (χ2v) is 6.40. The lowest BCUT2D eigenvalue weighted by molar-refractivity contribution is 0.819. The Hall–Kier alpha value is -1.08. The van der Waals surface area contributed by atoms with E-state index in [2.05, 4.69) is 71.2 Å². The van der Waals surface area contributed by atoms with E-state index in [1.165, 1.54) is 35.1 Å². The fraction of sp³-hybridized carbons (Fsp3) is 0.600. The van der Waals surface area contributed by atoms with Gasteiger partial charge in [0.15, 0.2) is 0 Å². The van der Waals surface area contributed by atoms with E-state index < -0.39 is 0 Å². The zero-order valence-electron chi connectivity index (χ0n) is 15.1. The molecule has 0 spiro atoms. The molecule has 0 atom stereocenters. The van der Waals surface area contributed by atoms with Gasteiger partial charge in [0.2, 0.25) is 0 Å². The number of rotatable bonds is 10. The van der Waals surface area contributed by atoms with Crippen molar-refractivity contribution in [3.63, 3.8) is 0 Å². The third-order valence-electron chi connectivity index (χ3n) is 3.37. The van der Waals surface area contributed by atoms with Crippen molar-refractivity contribution in [3.8, 4) is 0 Å². The molecular formula is C20H35N. The summed E-state index contributed by atoms with van der Waals surface area (Å²) >= 11 is 0. The number of nitrogens with one attached hydrogen (secondary N) is 1. The van der Waals surface area contributed by atoms with Crippen molar-refractivity contribution in [2.45, 2.75) is 67.2 Å².